The number of aromatic nitrogens is 1. The molecule has 1 aromatic heterocycles. The van der Waals surface area contributed by atoms with E-state index in [1.165, 1.54) is 0 Å². The molecule has 0 saturated carbocycles. The van der Waals surface area contributed by atoms with E-state index in [9.17, 15) is 4.79 Å². The monoisotopic (exact) mass is 210 g/mol. The van der Waals surface area contributed by atoms with Crippen molar-refractivity contribution in [3.8, 4) is 0 Å². The van der Waals surface area contributed by atoms with Gasteiger partial charge in [0.15, 0.2) is 0 Å². The standard InChI is InChI=1S/C11H18N2O2/c1-5-8(4)9-6-10(15-13-9)12-11(14)7(2)3/h6-8H,5H2,1-4H3,(H,12,14). The zero-order chi connectivity index (χ0) is 11.4. The van der Waals surface area contributed by atoms with E-state index in [0.29, 0.717) is 11.8 Å². The molecule has 0 aliphatic rings. The lowest BCUT2D eigenvalue weighted by atomic mass is 10.1. The van der Waals surface area contributed by atoms with Crippen molar-refractivity contribution in [1.29, 1.82) is 0 Å². The Hall–Kier alpha value is -1.32. The molecule has 0 bridgehead atoms. The van der Waals surface area contributed by atoms with Gasteiger partial charge in [-0.1, -0.05) is 32.9 Å². The molecule has 1 N–H and O–H groups in total. The summed E-state index contributed by atoms with van der Waals surface area (Å²) in [7, 11) is 0. The van der Waals surface area contributed by atoms with Crippen molar-refractivity contribution in [1.82, 2.24) is 5.16 Å². The molecule has 15 heavy (non-hydrogen) atoms. The average molecular weight is 210 g/mol. The molecule has 1 unspecified atom stereocenters. The Labute approximate surface area is 90.0 Å². The molecule has 1 atom stereocenters. The quantitative estimate of drug-likeness (QED) is 0.831. The lowest BCUT2D eigenvalue weighted by molar-refractivity contribution is -0.119. The van der Waals surface area contributed by atoms with Gasteiger partial charge in [0, 0.05) is 17.9 Å². The van der Waals surface area contributed by atoms with Crippen LogP contribution in [0.1, 0.15) is 45.7 Å². The maximum atomic E-state index is 11.4. The summed E-state index contributed by atoms with van der Waals surface area (Å²) in [6, 6.07) is 1.79. The largest absolute Gasteiger partial charge is 0.338 e. The highest BCUT2D eigenvalue weighted by Gasteiger charge is 2.13. The Morgan fingerprint density at radius 2 is 2.20 bits per heavy atom. The van der Waals surface area contributed by atoms with Crippen molar-refractivity contribution in [3.63, 3.8) is 0 Å². The van der Waals surface area contributed by atoms with Gasteiger partial charge in [-0.05, 0) is 6.42 Å². The molecule has 1 amide bonds. The first kappa shape index (κ1) is 11.8. The molecule has 0 aromatic carbocycles. The molecule has 0 saturated heterocycles. The maximum Gasteiger partial charge on any atom is 0.231 e. The molecule has 0 aliphatic heterocycles. The Morgan fingerprint density at radius 1 is 1.53 bits per heavy atom. The van der Waals surface area contributed by atoms with Gasteiger partial charge >= 0.3 is 0 Å². The normalized spacial score (nSPS) is 12.9. The van der Waals surface area contributed by atoms with Crippen LogP contribution >= 0.6 is 0 Å². The molecular weight excluding hydrogens is 192 g/mol. The van der Waals surface area contributed by atoms with Crippen molar-refractivity contribution in [3.05, 3.63) is 11.8 Å². The highest BCUT2D eigenvalue weighted by molar-refractivity contribution is 5.90. The van der Waals surface area contributed by atoms with Crippen LogP contribution in [0.25, 0.3) is 0 Å². The molecule has 1 rings (SSSR count). The van der Waals surface area contributed by atoms with Crippen molar-refractivity contribution in [2.45, 2.75) is 40.0 Å². The molecule has 0 radical (unpaired) electrons. The number of hydrogen-bond donors (Lipinski definition) is 1. The van der Waals surface area contributed by atoms with Crippen LogP contribution in [0.15, 0.2) is 10.6 Å². The lowest BCUT2D eigenvalue weighted by Gasteiger charge is -2.02. The number of carbonyl (C=O) groups is 1. The van der Waals surface area contributed by atoms with Gasteiger partial charge in [-0.25, -0.2) is 0 Å². The van der Waals surface area contributed by atoms with Crippen LogP contribution < -0.4 is 5.32 Å². The number of amides is 1. The third kappa shape index (κ3) is 3.08. The van der Waals surface area contributed by atoms with Gasteiger partial charge < -0.3 is 4.52 Å². The summed E-state index contributed by atoms with van der Waals surface area (Å²) in [5.74, 6) is 0.687. The van der Waals surface area contributed by atoms with E-state index in [1.54, 1.807) is 6.07 Å². The van der Waals surface area contributed by atoms with Crippen molar-refractivity contribution in [2.24, 2.45) is 5.92 Å². The fraction of sp³-hybridized carbons (Fsp3) is 0.636. The number of anilines is 1. The highest BCUT2D eigenvalue weighted by atomic mass is 16.5. The molecule has 84 valence electrons. The molecule has 0 fully saturated rings. The second-order valence-corrected chi connectivity index (χ2v) is 4.07. The maximum absolute atomic E-state index is 11.4. The first-order valence-electron chi connectivity index (χ1n) is 5.32. The average Bonchev–Trinajstić information content (AvgIpc) is 2.65. The number of nitrogens with zero attached hydrogens (tertiary/aromatic N) is 1. The lowest BCUT2D eigenvalue weighted by Crippen LogP contribution is -2.17. The van der Waals surface area contributed by atoms with Crippen LogP contribution in [0.3, 0.4) is 0 Å². The number of hydrogen-bond acceptors (Lipinski definition) is 3. The van der Waals surface area contributed by atoms with E-state index < -0.39 is 0 Å². The van der Waals surface area contributed by atoms with E-state index in [1.807, 2.05) is 13.8 Å². The van der Waals surface area contributed by atoms with Gasteiger partial charge in [-0.2, -0.15) is 0 Å². The van der Waals surface area contributed by atoms with E-state index in [4.69, 9.17) is 4.52 Å². The van der Waals surface area contributed by atoms with E-state index in [0.717, 1.165) is 12.1 Å². The van der Waals surface area contributed by atoms with E-state index >= 15 is 0 Å². The summed E-state index contributed by atoms with van der Waals surface area (Å²) in [5.41, 5.74) is 0.886. The zero-order valence-electron chi connectivity index (χ0n) is 9.70. The third-order valence-electron chi connectivity index (χ3n) is 2.42. The van der Waals surface area contributed by atoms with Gasteiger partial charge in [0.25, 0.3) is 0 Å². The first-order chi connectivity index (χ1) is 7.04. The van der Waals surface area contributed by atoms with Crippen molar-refractivity contribution >= 4 is 11.8 Å². The number of carbonyl (C=O) groups excluding carboxylic acids is 1. The van der Waals surface area contributed by atoms with Gasteiger partial charge in [0.05, 0.1) is 5.69 Å². The predicted octanol–water partition coefficient (Wildman–Crippen LogP) is 2.78. The summed E-state index contributed by atoms with van der Waals surface area (Å²) in [4.78, 5) is 11.4. The van der Waals surface area contributed by atoms with Gasteiger partial charge in [0.1, 0.15) is 0 Å². The molecule has 1 heterocycles. The number of rotatable bonds is 4. The van der Waals surface area contributed by atoms with Crippen molar-refractivity contribution in [2.75, 3.05) is 5.32 Å². The van der Waals surface area contributed by atoms with Crippen LogP contribution in [0.5, 0.6) is 0 Å². The zero-order valence-corrected chi connectivity index (χ0v) is 9.70. The SMILES string of the molecule is CCC(C)c1cc(NC(=O)C(C)C)on1. The van der Waals surface area contributed by atoms with Crippen LogP contribution in [-0.2, 0) is 4.79 Å². The van der Waals surface area contributed by atoms with Gasteiger partial charge in [0.2, 0.25) is 11.8 Å². The van der Waals surface area contributed by atoms with Gasteiger partial charge in [-0.3, -0.25) is 10.1 Å². The minimum atomic E-state index is -0.0538. The molecule has 0 aliphatic carbocycles. The molecule has 1 aromatic rings. The van der Waals surface area contributed by atoms with E-state index in [-0.39, 0.29) is 11.8 Å². The molecule has 0 spiro atoms. The Morgan fingerprint density at radius 3 is 2.73 bits per heavy atom. The Kier molecular flexibility index (Phi) is 3.88. The van der Waals surface area contributed by atoms with Gasteiger partial charge in [-0.15, -0.1) is 0 Å². The minimum Gasteiger partial charge on any atom is -0.338 e. The first-order valence-corrected chi connectivity index (χ1v) is 5.32. The fourth-order valence-electron chi connectivity index (χ4n) is 1.05. The fourth-order valence-corrected chi connectivity index (χ4v) is 1.05. The van der Waals surface area contributed by atoms with Crippen LogP contribution in [0.4, 0.5) is 5.88 Å². The second-order valence-electron chi connectivity index (χ2n) is 4.07. The Balaban J connectivity index is 2.64. The van der Waals surface area contributed by atoms with Crippen LogP contribution in [-0.4, -0.2) is 11.1 Å². The topological polar surface area (TPSA) is 55.1 Å². The molecule has 4 heteroatoms. The third-order valence-corrected chi connectivity index (χ3v) is 2.42. The van der Waals surface area contributed by atoms with Crippen molar-refractivity contribution < 1.29 is 9.32 Å². The summed E-state index contributed by atoms with van der Waals surface area (Å²) in [6.45, 7) is 7.83. The highest BCUT2D eigenvalue weighted by Crippen LogP contribution is 2.20. The number of nitrogens with one attached hydrogen (secondary N) is 1. The summed E-state index contributed by atoms with van der Waals surface area (Å²) in [6.07, 6.45) is 1.00. The molecule has 4 nitrogen and oxygen atoms in total. The second kappa shape index (κ2) is 4.96. The minimum absolute atomic E-state index is 0.0536. The summed E-state index contributed by atoms with van der Waals surface area (Å²) < 4.78 is 5.03. The van der Waals surface area contributed by atoms with Crippen LogP contribution in [0, 0.1) is 5.92 Å². The Bertz CT molecular complexity index is 331. The van der Waals surface area contributed by atoms with Crippen LogP contribution in [0.2, 0.25) is 0 Å². The molecular formula is C11H18N2O2. The predicted molar refractivity (Wildman–Crippen MR) is 58.7 cm³/mol. The van der Waals surface area contributed by atoms with E-state index in [2.05, 4.69) is 24.3 Å². The summed E-state index contributed by atoms with van der Waals surface area (Å²) in [5, 5.41) is 6.58. The summed E-state index contributed by atoms with van der Waals surface area (Å²) >= 11 is 0. The smallest absolute Gasteiger partial charge is 0.231 e.